The van der Waals surface area contributed by atoms with Crippen LogP contribution in [-0.4, -0.2) is 31.1 Å². The third-order valence-electron chi connectivity index (χ3n) is 3.10. The van der Waals surface area contributed by atoms with Crippen LogP contribution in [0, 0.1) is 0 Å². The fourth-order valence-corrected chi connectivity index (χ4v) is 2.27. The number of benzene rings is 2. The summed E-state index contributed by atoms with van der Waals surface area (Å²) in [5.41, 5.74) is 3.67. The van der Waals surface area contributed by atoms with E-state index in [0.29, 0.717) is 24.9 Å². The maximum Gasteiger partial charge on any atom is 0.187 e. The molecule has 2 aromatic rings. The van der Waals surface area contributed by atoms with Gasteiger partial charge >= 0.3 is 0 Å². The Hall–Kier alpha value is -2.38. The van der Waals surface area contributed by atoms with Gasteiger partial charge in [0.05, 0.1) is 6.21 Å². The molecule has 136 valence electrons. The minimum absolute atomic E-state index is 0.451. The SMILES string of the molecule is C=CCNC(=S)N/N=C/c1ccc(OCCOc2ccc(Br)cc2)cc1. The van der Waals surface area contributed by atoms with Gasteiger partial charge in [0.1, 0.15) is 24.7 Å². The Bertz CT molecular complexity index is 733. The highest BCUT2D eigenvalue weighted by molar-refractivity contribution is 9.10. The lowest BCUT2D eigenvalue weighted by Crippen LogP contribution is -2.31. The van der Waals surface area contributed by atoms with E-state index in [9.17, 15) is 0 Å². The molecule has 7 heteroatoms. The van der Waals surface area contributed by atoms with Crippen LogP contribution >= 0.6 is 28.1 Å². The summed E-state index contributed by atoms with van der Waals surface area (Å²) >= 11 is 8.43. The van der Waals surface area contributed by atoms with Gasteiger partial charge in [0.2, 0.25) is 0 Å². The second-order valence-corrected chi connectivity index (χ2v) is 6.41. The minimum atomic E-state index is 0.451. The molecule has 0 spiro atoms. The number of nitrogens with one attached hydrogen (secondary N) is 2. The van der Waals surface area contributed by atoms with Crippen molar-refractivity contribution in [2.24, 2.45) is 5.10 Å². The molecule has 0 bridgehead atoms. The topological polar surface area (TPSA) is 54.9 Å². The maximum absolute atomic E-state index is 5.66. The summed E-state index contributed by atoms with van der Waals surface area (Å²) in [6, 6.07) is 15.3. The fourth-order valence-electron chi connectivity index (χ4n) is 1.87. The van der Waals surface area contributed by atoms with Crippen molar-refractivity contribution in [3.63, 3.8) is 0 Å². The molecule has 2 rings (SSSR count). The molecule has 0 saturated carbocycles. The standard InChI is InChI=1S/C19H20BrN3O2S/c1-2-11-21-19(26)23-22-14-15-3-7-17(8-4-15)24-12-13-25-18-9-5-16(20)6-10-18/h2-10,14H,1,11-13H2,(H2,21,23,26)/b22-14+. The largest absolute Gasteiger partial charge is 0.490 e. The molecule has 0 heterocycles. The van der Waals surface area contributed by atoms with Crippen molar-refractivity contribution in [3.8, 4) is 11.5 Å². The van der Waals surface area contributed by atoms with Crippen LogP contribution < -0.4 is 20.2 Å². The predicted molar refractivity (Wildman–Crippen MR) is 113 cm³/mol. The molecule has 0 aliphatic rings. The van der Waals surface area contributed by atoms with Crippen LogP contribution in [0.15, 0.2) is 70.8 Å². The molecular formula is C19H20BrN3O2S. The average Bonchev–Trinajstić information content (AvgIpc) is 2.66. The van der Waals surface area contributed by atoms with Crippen LogP contribution in [0.2, 0.25) is 0 Å². The van der Waals surface area contributed by atoms with Gasteiger partial charge in [-0.1, -0.05) is 22.0 Å². The highest BCUT2D eigenvalue weighted by Crippen LogP contribution is 2.16. The van der Waals surface area contributed by atoms with Gasteiger partial charge in [-0.25, -0.2) is 0 Å². The van der Waals surface area contributed by atoms with Gasteiger partial charge in [-0.15, -0.1) is 6.58 Å². The van der Waals surface area contributed by atoms with E-state index in [2.05, 4.69) is 38.4 Å². The molecule has 0 unspecified atom stereocenters. The smallest absolute Gasteiger partial charge is 0.187 e. The second kappa shape index (κ2) is 11.3. The van der Waals surface area contributed by atoms with Crippen molar-refractivity contribution < 1.29 is 9.47 Å². The van der Waals surface area contributed by atoms with Gasteiger partial charge in [0.15, 0.2) is 5.11 Å². The van der Waals surface area contributed by atoms with Crippen LogP contribution in [0.25, 0.3) is 0 Å². The van der Waals surface area contributed by atoms with Crippen molar-refractivity contribution in [2.75, 3.05) is 19.8 Å². The van der Waals surface area contributed by atoms with Crippen LogP contribution in [0.4, 0.5) is 0 Å². The van der Waals surface area contributed by atoms with Crippen molar-refractivity contribution in [2.45, 2.75) is 0 Å². The number of nitrogens with zero attached hydrogens (tertiary/aromatic N) is 1. The number of thiocarbonyl (C=S) groups is 1. The molecule has 5 nitrogen and oxygen atoms in total. The lowest BCUT2D eigenvalue weighted by molar-refractivity contribution is 0.217. The third-order valence-corrected chi connectivity index (χ3v) is 3.87. The molecule has 0 aliphatic carbocycles. The first-order valence-corrected chi connectivity index (χ1v) is 9.16. The Morgan fingerprint density at radius 3 is 2.19 bits per heavy atom. The normalized spacial score (nSPS) is 10.3. The first-order valence-electron chi connectivity index (χ1n) is 7.96. The Balaban J connectivity index is 1.69. The molecule has 2 aromatic carbocycles. The van der Waals surface area contributed by atoms with E-state index in [1.54, 1.807) is 12.3 Å². The zero-order chi connectivity index (χ0) is 18.6. The van der Waals surface area contributed by atoms with Crippen molar-refractivity contribution in [1.29, 1.82) is 0 Å². The summed E-state index contributed by atoms with van der Waals surface area (Å²) in [6.07, 6.45) is 3.41. The third kappa shape index (κ3) is 7.67. The minimum Gasteiger partial charge on any atom is -0.490 e. The molecule has 0 saturated heterocycles. The first-order chi connectivity index (χ1) is 12.7. The van der Waals surface area contributed by atoms with E-state index in [0.717, 1.165) is 21.5 Å². The number of hydrazone groups is 1. The molecule has 0 radical (unpaired) electrons. The molecule has 0 aliphatic heterocycles. The number of hydrogen-bond acceptors (Lipinski definition) is 4. The van der Waals surface area contributed by atoms with E-state index < -0.39 is 0 Å². The van der Waals surface area contributed by atoms with Gasteiger partial charge in [0, 0.05) is 11.0 Å². The highest BCUT2D eigenvalue weighted by atomic mass is 79.9. The molecule has 0 amide bonds. The molecule has 0 atom stereocenters. The van der Waals surface area contributed by atoms with E-state index in [-0.39, 0.29) is 0 Å². The average molecular weight is 434 g/mol. The predicted octanol–water partition coefficient (Wildman–Crippen LogP) is 3.89. The van der Waals surface area contributed by atoms with Gasteiger partial charge in [-0.05, 0) is 66.3 Å². The summed E-state index contributed by atoms with van der Waals surface area (Å²) in [5.74, 6) is 1.59. The molecular weight excluding hydrogens is 414 g/mol. The number of halogens is 1. The molecule has 0 aromatic heterocycles. The second-order valence-electron chi connectivity index (χ2n) is 5.09. The van der Waals surface area contributed by atoms with E-state index in [1.165, 1.54) is 0 Å². The van der Waals surface area contributed by atoms with Crippen molar-refractivity contribution in [3.05, 3.63) is 71.2 Å². The number of rotatable bonds is 9. The Kier molecular flexibility index (Phi) is 8.65. The van der Waals surface area contributed by atoms with Gasteiger partial charge in [-0.3, -0.25) is 5.43 Å². The Morgan fingerprint density at radius 2 is 1.62 bits per heavy atom. The van der Waals surface area contributed by atoms with Gasteiger partial charge in [0.25, 0.3) is 0 Å². The Morgan fingerprint density at radius 1 is 1.04 bits per heavy atom. The van der Waals surface area contributed by atoms with Crippen LogP contribution in [0.3, 0.4) is 0 Å². The lowest BCUT2D eigenvalue weighted by atomic mass is 10.2. The highest BCUT2D eigenvalue weighted by Gasteiger charge is 1.97. The monoisotopic (exact) mass is 433 g/mol. The fraction of sp³-hybridized carbons (Fsp3) is 0.158. The van der Waals surface area contributed by atoms with Crippen molar-refractivity contribution in [1.82, 2.24) is 10.7 Å². The Labute approximate surface area is 167 Å². The number of ether oxygens (including phenoxy) is 2. The summed E-state index contributed by atoms with van der Waals surface area (Å²) < 4.78 is 12.3. The molecule has 2 N–H and O–H groups in total. The summed E-state index contributed by atoms with van der Waals surface area (Å²) in [4.78, 5) is 0. The van der Waals surface area contributed by atoms with E-state index >= 15 is 0 Å². The number of hydrogen-bond donors (Lipinski definition) is 2. The van der Waals surface area contributed by atoms with Gasteiger partial charge in [-0.2, -0.15) is 5.10 Å². The van der Waals surface area contributed by atoms with E-state index in [1.807, 2.05) is 48.5 Å². The summed E-state index contributed by atoms with van der Waals surface area (Å²) in [6.45, 7) is 5.14. The zero-order valence-corrected chi connectivity index (χ0v) is 16.6. The van der Waals surface area contributed by atoms with Crippen LogP contribution in [-0.2, 0) is 0 Å². The van der Waals surface area contributed by atoms with Gasteiger partial charge < -0.3 is 14.8 Å². The zero-order valence-electron chi connectivity index (χ0n) is 14.2. The van der Waals surface area contributed by atoms with Crippen LogP contribution in [0.5, 0.6) is 11.5 Å². The van der Waals surface area contributed by atoms with E-state index in [4.69, 9.17) is 21.7 Å². The quantitative estimate of drug-likeness (QED) is 0.206. The lowest BCUT2D eigenvalue weighted by Gasteiger charge is -2.08. The maximum atomic E-state index is 5.66. The molecule has 26 heavy (non-hydrogen) atoms. The summed E-state index contributed by atoms with van der Waals surface area (Å²) in [7, 11) is 0. The van der Waals surface area contributed by atoms with Crippen LogP contribution in [0.1, 0.15) is 5.56 Å². The molecule has 0 fully saturated rings. The first kappa shape index (κ1) is 19.9. The van der Waals surface area contributed by atoms with Crippen molar-refractivity contribution >= 4 is 39.5 Å². The summed E-state index contributed by atoms with van der Waals surface area (Å²) in [5, 5.41) is 7.44.